The summed E-state index contributed by atoms with van der Waals surface area (Å²) in [6.07, 6.45) is -8.70. The molecule has 0 aliphatic carbocycles. The monoisotopic (exact) mass is 1040 g/mol. The first-order chi connectivity index (χ1) is 32.8. The lowest BCUT2D eigenvalue weighted by atomic mass is 10.1. The number of carbonyl (C=O) groups excluding carboxylic acids is 2. The molecule has 0 amide bonds. The predicted octanol–water partition coefficient (Wildman–Crippen LogP) is 9.77. The molecule has 0 aliphatic rings. The molecule has 0 aliphatic heterocycles. The highest BCUT2D eigenvalue weighted by atomic mass is 79.9. The highest BCUT2D eigenvalue weighted by Crippen LogP contribution is 2.28. The molecule has 8 aromatic rings. The van der Waals surface area contributed by atoms with Crippen molar-refractivity contribution in [3.63, 3.8) is 0 Å². The lowest BCUT2D eigenvalue weighted by Crippen LogP contribution is -2.23. The zero-order valence-corrected chi connectivity index (χ0v) is 37.5. The van der Waals surface area contributed by atoms with Crippen LogP contribution >= 0.6 is 15.9 Å². The summed E-state index contributed by atoms with van der Waals surface area (Å²) in [5, 5.41) is 18.6. The number of halogens is 7. The Morgan fingerprint density at radius 1 is 0.629 bits per heavy atom. The molecular formula is C47H39BrF6N8O8. The molecule has 8 rings (SSSR count). The van der Waals surface area contributed by atoms with Crippen LogP contribution in [-0.4, -0.2) is 64.6 Å². The van der Waals surface area contributed by atoms with Crippen LogP contribution in [0, 0.1) is 0 Å². The molecule has 70 heavy (non-hydrogen) atoms. The number of benzene rings is 4. The zero-order chi connectivity index (χ0) is 49.7. The second-order valence-electron chi connectivity index (χ2n) is 14.5. The van der Waals surface area contributed by atoms with Gasteiger partial charge in [0.2, 0.25) is 11.6 Å². The minimum atomic E-state index is -4.79. The average molecular weight is 1040 g/mol. The summed E-state index contributed by atoms with van der Waals surface area (Å²) in [7, 11) is 0. The van der Waals surface area contributed by atoms with Gasteiger partial charge in [0.1, 0.15) is 34.5 Å². The number of nitrogens with zero attached hydrogens (tertiary/aromatic N) is 7. The molecule has 0 spiro atoms. The Balaban J connectivity index is 0.000000218. The van der Waals surface area contributed by atoms with Gasteiger partial charge >= 0.3 is 12.7 Å². The third kappa shape index (κ3) is 16.3. The Bertz CT molecular complexity index is 3120. The minimum Gasteiger partial charge on any atom is -0.406 e. The van der Waals surface area contributed by atoms with Gasteiger partial charge in [-0.15, -0.1) is 26.3 Å². The Labute approximate surface area is 401 Å². The Morgan fingerprint density at radius 2 is 1.09 bits per heavy atom. The van der Waals surface area contributed by atoms with Crippen molar-refractivity contribution >= 4 is 27.5 Å². The van der Waals surface area contributed by atoms with Gasteiger partial charge in [-0.1, -0.05) is 82.2 Å². The van der Waals surface area contributed by atoms with Crippen LogP contribution in [0.4, 0.5) is 26.3 Å². The van der Waals surface area contributed by atoms with Crippen LogP contribution in [0.2, 0.25) is 0 Å². The topological polar surface area (TPSA) is 211 Å². The van der Waals surface area contributed by atoms with Crippen molar-refractivity contribution in [3.8, 4) is 57.4 Å². The maximum absolute atomic E-state index is 12.3. The van der Waals surface area contributed by atoms with E-state index in [1.807, 2.05) is 36.4 Å². The van der Waals surface area contributed by atoms with E-state index in [0.717, 1.165) is 46.3 Å². The van der Waals surface area contributed by atoms with E-state index >= 15 is 0 Å². The summed E-state index contributed by atoms with van der Waals surface area (Å²) < 4.78 is 92.3. The van der Waals surface area contributed by atoms with Crippen molar-refractivity contribution in [1.29, 1.82) is 0 Å². The van der Waals surface area contributed by atoms with E-state index in [0.29, 0.717) is 24.0 Å². The van der Waals surface area contributed by atoms with E-state index < -0.39 is 12.7 Å². The normalized spacial score (nSPS) is 11.0. The molecule has 0 atom stereocenters. The Hall–Kier alpha value is -8.08. The second kappa shape index (κ2) is 23.8. The molecule has 0 saturated heterocycles. The van der Waals surface area contributed by atoms with Gasteiger partial charge in [-0.2, -0.15) is 20.2 Å². The van der Waals surface area contributed by atoms with Crippen molar-refractivity contribution in [2.24, 2.45) is 0 Å². The number of H-pyrrole nitrogens is 1. The molecular weight excluding hydrogens is 998 g/mol. The number of ketones is 2. The number of ether oxygens (including phenoxy) is 2. The molecule has 0 bridgehead atoms. The SMILES string of the molecule is C.CC(=O)Cc1cccc(CBr)c1.CC(=O)Cc1cccc(Cn2nc(-c3nc(-c4ccc(OC(F)(F)F)cc4)no3)ccc2=O)c1.O=c1ccc(-c2nc(-c3ccc(OC(F)(F)F)cc3)no2)n[nH]1. The fraction of sp³-hybridized carbons (Fsp3) is 0.191. The van der Waals surface area contributed by atoms with Crippen molar-refractivity contribution in [2.45, 2.75) is 58.7 Å². The van der Waals surface area contributed by atoms with Crippen LogP contribution in [0.1, 0.15) is 43.5 Å². The number of hydrogen-bond donors (Lipinski definition) is 1. The molecule has 16 nitrogen and oxygen atoms in total. The maximum Gasteiger partial charge on any atom is 0.573 e. The largest absolute Gasteiger partial charge is 0.573 e. The van der Waals surface area contributed by atoms with E-state index in [1.54, 1.807) is 13.0 Å². The number of rotatable bonds is 13. The third-order valence-electron chi connectivity index (χ3n) is 8.90. The minimum absolute atomic E-state index is 0. The number of aromatic nitrogens is 8. The van der Waals surface area contributed by atoms with E-state index in [1.165, 1.54) is 65.7 Å². The average Bonchev–Trinajstić information content (AvgIpc) is 3.99. The van der Waals surface area contributed by atoms with Crippen molar-refractivity contribution < 1.29 is 54.5 Å². The number of aromatic amines is 1. The summed E-state index contributed by atoms with van der Waals surface area (Å²) in [5.41, 5.74) is 4.55. The third-order valence-corrected chi connectivity index (χ3v) is 9.55. The first-order valence-electron chi connectivity index (χ1n) is 20.0. The number of hydrogen-bond acceptors (Lipinski definition) is 14. The first kappa shape index (κ1) is 52.9. The highest BCUT2D eigenvalue weighted by Gasteiger charge is 2.32. The highest BCUT2D eigenvalue weighted by molar-refractivity contribution is 9.08. The standard InChI is InChI=1S/C23H17F3N4O4.C13H7F3N4O3.C10H11BrO.CH4/c1-14(31)11-15-3-2-4-16(12-15)13-30-20(32)10-9-19(28-30)22-27-21(29-34-22)17-5-7-18(8-6-17)33-23(24,25)26;14-13(15,16)22-8-3-1-7(2-4-8)11-17-12(23-20-11)9-5-6-10(21)19-18-9;1-8(12)5-9-3-2-4-10(6-9)7-11;/h2-10,12H,11,13H2,1H3;1-6H,(H,19,21);2-4,6H,5,7H2,1H3;1H4. The number of carbonyl (C=O) groups is 2. The molecule has 364 valence electrons. The number of nitrogens with one attached hydrogen (secondary N) is 1. The van der Waals surface area contributed by atoms with Crippen LogP contribution in [0.5, 0.6) is 11.5 Å². The Kier molecular flexibility index (Phi) is 18.0. The molecule has 1 N–H and O–H groups in total. The second-order valence-corrected chi connectivity index (χ2v) is 15.1. The van der Waals surface area contributed by atoms with Crippen molar-refractivity contribution in [1.82, 2.24) is 40.3 Å². The lowest BCUT2D eigenvalue weighted by molar-refractivity contribution is -0.275. The van der Waals surface area contributed by atoms with Crippen LogP contribution in [-0.2, 0) is 34.3 Å². The van der Waals surface area contributed by atoms with Gasteiger partial charge in [0.15, 0.2) is 0 Å². The van der Waals surface area contributed by atoms with E-state index in [4.69, 9.17) is 9.05 Å². The zero-order valence-electron chi connectivity index (χ0n) is 35.9. The fourth-order valence-corrected chi connectivity index (χ4v) is 6.40. The fourth-order valence-electron chi connectivity index (χ4n) is 6.05. The van der Waals surface area contributed by atoms with Crippen molar-refractivity contribution in [2.75, 3.05) is 0 Å². The van der Waals surface area contributed by atoms with Gasteiger partial charge in [0, 0.05) is 41.4 Å². The predicted molar refractivity (Wildman–Crippen MR) is 244 cm³/mol. The van der Waals surface area contributed by atoms with Crippen LogP contribution in [0.25, 0.3) is 45.9 Å². The maximum atomic E-state index is 12.3. The molecule has 0 radical (unpaired) electrons. The molecule has 23 heteroatoms. The van der Waals surface area contributed by atoms with E-state index in [9.17, 15) is 45.5 Å². The molecule has 0 unspecified atom stereocenters. The van der Waals surface area contributed by atoms with Gasteiger partial charge in [-0.25, -0.2) is 9.78 Å². The van der Waals surface area contributed by atoms with Gasteiger partial charge in [0.25, 0.3) is 22.9 Å². The smallest absolute Gasteiger partial charge is 0.406 e. The summed E-state index contributed by atoms with van der Waals surface area (Å²) in [5.74, 6) is -0.104. The number of Topliss-reactive ketones (excluding diaryl/α,β-unsaturated/α-hetero) is 2. The summed E-state index contributed by atoms with van der Waals surface area (Å²) in [6.45, 7) is 3.28. The molecule has 0 saturated carbocycles. The van der Waals surface area contributed by atoms with Crippen LogP contribution < -0.4 is 20.6 Å². The lowest BCUT2D eigenvalue weighted by Gasteiger charge is -2.08. The Morgan fingerprint density at radius 3 is 1.54 bits per heavy atom. The van der Waals surface area contributed by atoms with Gasteiger partial charge in [-0.05, 0) is 96.8 Å². The van der Waals surface area contributed by atoms with Crippen LogP contribution in [0.3, 0.4) is 0 Å². The van der Waals surface area contributed by atoms with Crippen LogP contribution in [0.15, 0.2) is 140 Å². The van der Waals surface area contributed by atoms with Crippen molar-refractivity contribution in [3.05, 3.63) is 164 Å². The van der Waals surface area contributed by atoms with Gasteiger partial charge in [0.05, 0.1) is 6.54 Å². The summed E-state index contributed by atoms with van der Waals surface area (Å²) >= 11 is 3.37. The molecule has 4 aromatic heterocycles. The quantitative estimate of drug-likeness (QED) is 0.0842. The molecule has 0 fully saturated rings. The van der Waals surface area contributed by atoms with E-state index in [2.05, 4.69) is 67.0 Å². The molecule has 4 heterocycles. The summed E-state index contributed by atoms with van der Waals surface area (Å²) in [6, 6.07) is 30.7. The van der Waals surface area contributed by atoms with E-state index in [-0.39, 0.29) is 83.0 Å². The van der Waals surface area contributed by atoms with Gasteiger partial charge < -0.3 is 18.5 Å². The number of alkyl halides is 7. The summed E-state index contributed by atoms with van der Waals surface area (Å²) in [4.78, 5) is 53.7. The van der Waals surface area contributed by atoms with Gasteiger partial charge in [-0.3, -0.25) is 19.2 Å². The molecule has 4 aromatic carbocycles. The first-order valence-corrected chi connectivity index (χ1v) is 21.2.